The monoisotopic (exact) mass is 459 g/mol. The van der Waals surface area contributed by atoms with Crippen LogP contribution in [0.4, 0.5) is 10.8 Å². The first-order valence-corrected chi connectivity index (χ1v) is 10.9. The van der Waals surface area contributed by atoms with E-state index in [1.807, 2.05) is 52.7 Å². The second kappa shape index (κ2) is 10.5. The molecule has 6 nitrogen and oxygen atoms in total. The van der Waals surface area contributed by atoms with Gasteiger partial charge in [-0.3, -0.25) is 4.79 Å². The Balaban J connectivity index is 0.00000272. The van der Waals surface area contributed by atoms with Gasteiger partial charge in [0, 0.05) is 36.1 Å². The van der Waals surface area contributed by atoms with Crippen LogP contribution >= 0.6 is 23.7 Å². The third-order valence-corrected chi connectivity index (χ3v) is 5.97. The number of carbonyl (C=O) groups excluding carboxylic acids is 1. The van der Waals surface area contributed by atoms with Gasteiger partial charge >= 0.3 is 0 Å². The van der Waals surface area contributed by atoms with E-state index in [-0.39, 0.29) is 18.3 Å². The zero-order valence-electron chi connectivity index (χ0n) is 17.6. The van der Waals surface area contributed by atoms with Crippen LogP contribution in [0.3, 0.4) is 0 Å². The molecule has 0 bridgehead atoms. The fourth-order valence-corrected chi connectivity index (χ4v) is 4.34. The third kappa shape index (κ3) is 5.29. The average molecular weight is 460 g/mol. The maximum atomic E-state index is 12.0. The molecule has 2 heterocycles. The standard InChI is InChI=1S/C23H25N3O3S.ClH/c1-28-20-9-8-16(13-21(20)29-2)10-11-24-23-25-19(15-30-23)17-5-3-6-18(14-17)26-12-4-7-22(26)27;/h3,5-6,8-9,13-15H,4,7,10-12H2,1-2H3,(H,24,25);1H. The van der Waals surface area contributed by atoms with Crippen LogP contribution in [0.1, 0.15) is 18.4 Å². The molecule has 8 heteroatoms. The number of anilines is 2. The van der Waals surface area contributed by atoms with E-state index in [4.69, 9.17) is 14.5 Å². The zero-order chi connectivity index (χ0) is 20.9. The van der Waals surface area contributed by atoms with E-state index in [1.165, 1.54) is 5.56 Å². The summed E-state index contributed by atoms with van der Waals surface area (Å²) in [5, 5.41) is 6.32. The SMILES string of the molecule is COc1ccc(CCNc2nc(-c3cccc(N4CCCC4=O)c3)cs2)cc1OC.Cl. The molecule has 1 saturated heterocycles. The number of nitrogens with one attached hydrogen (secondary N) is 1. The summed E-state index contributed by atoms with van der Waals surface area (Å²) in [6.07, 6.45) is 2.41. The Labute approximate surface area is 192 Å². The number of ether oxygens (including phenoxy) is 2. The van der Waals surface area contributed by atoms with Gasteiger partial charge in [0.2, 0.25) is 5.91 Å². The van der Waals surface area contributed by atoms with Gasteiger partial charge in [-0.2, -0.15) is 0 Å². The molecule has 0 radical (unpaired) electrons. The van der Waals surface area contributed by atoms with Crippen LogP contribution in [-0.2, 0) is 11.2 Å². The Morgan fingerprint density at radius 2 is 1.97 bits per heavy atom. The Kier molecular flexibility index (Phi) is 7.76. The highest BCUT2D eigenvalue weighted by Gasteiger charge is 2.22. The molecule has 1 aliphatic rings. The molecule has 0 spiro atoms. The van der Waals surface area contributed by atoms with Gasteiger partial charge in [0.25, 0.3) is 0 Å². The summed E-state index contributed by atoms with van der Waals surface area (Å²) in [5.74, 6) is 1.67. The lowest BCUT2D eigenvalue weighted by Gasteiger charge is -2.16. The van der Waals surface area contributed by atoms with Crippen molar-refractivity contribution < 1.29 is 14.3 Å². The molecule has 1 aliphatic heterocycles. The zero-order valence-corrected chi connectivity index (χ0v) is 19.2. The highest BCUT2D eigenvalue weighted by Crippen LogP contribution is 2.30. The topological polar surface area (TPSA) is 63.7 Å². The van der Waals surface area contributed by atoms with Crippen molar-refractivity contribution >= 4 is 40.5 Å². The fourth-order valence-electron chi connectivity index (χ4n) is 3.59. The molecule has 4 rings (SSSR count). The second-order valence-electron chi connectivity index (χ2n) is 7.10. The van der Waals surface area contributed by atoms with Crippen LogP contribution in [0.5, 0.6) is 11.5 Å². The van der Waals surface area contributed by atoms with Crippen LogP contribution in [-0.4, -0.2) is 38.2 Å². The van der Waals surface area contributed by atoms with Crippen molar-refractivity contribution in [3.63, 3.8) is 0 Å². The molecule has 31 heavy (non-hydrogen) atoms. The minimum absolute atomic E-state index is 0. The fraction of sp³-hybridized carbons (Fsp3) is 0.304. The molecule has 0 atom stereocenters. The largest absolute Gasteiger partial charge is 0.493 e. The van der Waals surface area contributed by atoms with E-state index in [2.05, 4.69) is 5.32 Å². The highest BCUT2D eigenvalue weighted by atomic mass is 35.5. The van der Waals surface area contributed by atoms with Gasteiger partial charge in [-0.05, 0) is 42.7 Å². The smallest absolute Gasteiger partial charge is 0.227 e. The molecule has 0 unspecified atom stereocenters. The van der Waals surface area contributed by atoms with Crippen molar-refractivity contribution in [3.8, 4) is 22.8 Å². The van der Waals surface area contributed by atoms with Crippen molar-refractivity contribution in [2.24, 2.45) is 0 Å². The second-order valence-corrected chi connectivity index (χ2v) is 7.96. The highest BCUT2D eigenvalue weighted by molar-refractivity contribution is 7.14. The number of hydrogen-bond donors (Lipinski definition) is 1. The molecule has 1 fully saturated rings. The Hall–Kier alpha value is -2.77. The van der Waals surface area contributed by atoms with E-state index >= 15 is 0 Å². The van der Waals surface area contributed by atoms with Crippen molar-refractivity contribution in [3.05, 3.63) is 53.4 Å². The van der Waals surface area contributed by atoms with Crippen LogP contribution in [0.2, 0.25) is 0 Å². The van der Waals surface area contributed by atoms with Gasteiger partial charge in [-0.1, -0.05) is 18.2 Å². The number of amides is 1. The number of halogens is 1. The number of rotatable bonds is 8. The lowest BCUT2D eigenvalue weighted by Crippen LogP contribution is -2.23. The first kappa shape index (κ1) is 22.9. The number of thiazole rings is 1. The van der Waals surface area contributed by atoms with Crippen LogP contribution in [0, 0.1) is 0 Å². The number of benzene rings is 2. The van der Waals surface area contributed by atoms with Crippen LogP contribution in [0.25, 0.3) is 11.3 Å². The van der Waals surface area contributed by atoms with Crippen LogP contribution in [0.15, 0.2) is 47.8 Å². The van der Waals surface area contributed by atoms with E-state index in [0.29, 0.717) is 6.42 Å². The summed E-state index contributed by atoms with van der Waals surface area (Å²) >= 11 is 1.58. The van der Waals surface area contributed by atoms with E-state index < -0.39 is 0 Å². The third-order valence-electron chi connectivity index (χ3n) is 5.17. The molecule has 1 N–H and O–H groups in total. The quantitative estimate of drug-likeness (QED) is 0.511. The van der Waals surface area contributed by atoms with E-state index in [1.54, 1.807) is 25.6 Å². The summed E-state index contributed by atoms with van der Waals surface area (Å²) in [6, 6.07) is 14.0. The Morgan fingerprint density at radius 1 is 1.13 bits per heavy atom. The predicted molar refractivity (Wildman–Crippen MR) is 128 cm³/mol. The van der Waals surface area contributed by atoms with Gasteiger partial charge in [-0.15, -0.1) is 23.7 Å². The molecule has 3 aromatic rings. The molecular weight excluding hydrogens is 434 g/mol. The van der Waals surface area contributed by atoms with Gasteiger partial charge in [0.15, 0.2) is 16.6 Å². The van der Waals surface area contributed by atoms with Gasteiger partial charge in [0.1, 0.15) is 0 Å². The number of methoxy groups -OCH3 is 2. The molecule has 1 amide bonds. The molecule has 164 valence electrons. The molecular formula is C23H26ClN3O3S. The summed E-state index contributed by atoms with van der Waals surface area (Å²) < 4.78 is 10.7. The maximum absolute atomic E-state index is 12.0. The van der Waals surface area contributed by atoms with Crippen molar-refractivity contribution in [1.82, 2.24) is 4.98 Å². The average Bonchev–Trinajstić information content (AvgIpc) is 3.43. The lowest BCUT2D eigenvalue weighted by molar-refractivity contribution is -0.117. The molecule has 1 aromatic heterocycles. The summed E-state index contributed by atoms with van der Waals surface area (Å²) in [7, 11) is 3.28. The summed E-state index contributed by atoms with van der Waals surface area (Å²) in [4.78, 5) is 18.6. The molecule has 0 saturated carbocycles. The summed E-state index contributed by atoms with van der Waals surface area (Å²) in [5.41, 5.74) is 4.06. The van der Waals surface area contributed by atoms with Gasteiger partial charge < -0.3 is 19.7 Å². The minimum Gasteiger partial charge on any atom is -0.493 e. The Morgan fingerprint density at radius 3 is 2.71 bits per heavy atom. The Bertz CT molecular complexity index is 1040. The maximum Gasteiger partial charge on any atom is 0.227 e. The molecule has 2 aromatic carbocycles. The van der Waals surface area contributed by atoms with Crippen molar-refractivity contribution in [2.75, 3.05) is 37.5 Å². The molecule has 0 aliphatic carbocycles. The van der Waals surface area contributed by atoms with E-state index in [9.17, 15) is 4.79 Å². The predicted octanol–water partition coefficient (Wildman–Crippen LogP) is 5.03. The van der Waals surface area contributed by atoms with Crippen LogP contribution < -0.4 is 19.7 Å². The number of hydrogen-bond acceptors (Lipinski definition) is 6. The van der Waals surface area contributed by atoms with Crippen molar-refractivity contribution in [2.45, 2.75) is 19.3 Å². The lowest BCUT2D eigenvalue weighted by atomic mass is 10.1. The number of nitrogens with zero attached hydrogens (tertiary/aromatic N) is 2. The minimum atomic E-state index is 0. The summed E-state index contributed by atoms with van der Waals surface area (Å²) in [6.45, 7) is 1.56. The first-order valence-electron chi connectivity index (χ1n) is 9.99. The number of carbonyl (C=O) groups is 1. The van der Waals surface area contributed by atoms with Gasteiger partial charge in [0.05, 0.1) is 19.9 Å². The van der Waals surface area contributed by atoms with Gasteiger partial charge in [-0.25, -0.2) is 4.98 Å². The van der Waals surface area contributed by atoms with E-state index in [0.717, 1.165) is 59.5 Å². The normalized spacial score (nSPS) is 13.1. The number of aromatic nitrogens is 1. The first-order chi connectivity index (χ1) is 14.7. The van der Waals surface area contributed by atoms with Crippen molar-refractivity contribution in [1.29, 1.82) is 0 Å².